The fourth-order valence-electron chi connectivity index (χ4n) is 3.48. The monoisotopic (exact) mass is 316 g/mol. The molecular weight excluding hydrogens is 288 g/mol. The quantitative estimate of drug-likeness (QED) is 0.734. The Balaban J connectivity index is 1.65. The molecule has 0 bridgehead atoms. The Labute approximate surface area is 121 Å². The first-order chi connectivity index (χ1) is 8.66. The zero-order valence-corrected chi connectivity index (χ0v) is 13.7. The summed E-state index contributed by atoms with van der Waals surface area (Å²) in [4.78, 5) is 5.97. The lowest BCUT2D eigenvalue weighted by atomic mass is 9.93. The molecule has 0 amide bonds. The van der Waals surface area contributed by atoms with Gasteiger partial charge in [0, 0.05) is 10.9 Å². The van der Waals surface area contributed by atoms with Crippen LogP contribution in [0.25, 0.3) is 0 Å². The van der Waals surface area contributed by atoms with E-state index in [-0.39, 0.29) is 0 Å². The predicted molar refractivity (Wildman–Crippen MR) is 82.4 cm³/mol. The molecule has 2 fully saturated rings. The zero-order chi connectivity index (χ0) is 13.0. The van der Waals surface area contributed by atoms with Crippen LogP contribution in [0.15, 0.2) is 0 Å². The Kier molecular flexibility index (Phi) is 5.96. The Morgan fingerprint density at radius 1 is 1.11 bits per heavy atom. The van der Waals surface area contributed by atoms with E-state index in [0.717, 1.165) is 12.0 Å². The van der Waals surface area contributed by atoms with Crippen LogP contribution in [0.5, 0.6) is 0 Å². The summed E-state index contributed by atoms with van der Waals surface area (Å²) in [5, 5.41) is 0. The van der Waals surface area contributed by atoms with Crippen molar-refractivity contribution in [3.05, 3.63) is 0 Å². The second-order valence-electron chi connectivity index (χ2n) is 6.28. The molecule has 18 heavy (non-hydrogen) atoms. The molecule has 106 valence electrons. The van der Waals surface area contributed by atoms with Gasteiger partial charge in [-0.15, -0.1) is 0 Å². The molecule has 2 aliphatic rings. The summed E-state index contributed by atoms with van der Waals surface area (Å²) in [6.07, 6.45) is 8.41. The Hall–Kier alpha value is 0.400. The molecule has 2 heterocycles. The maximum absolute atomic E-state index is 3.74. The van der Waals surface area contributed by atoms with Crippen molar-refractivity contribution in [3.8, 4) is 0 Å². The van der Waals surface area contributed by atoms with Gasteiger partial charge in [-0.25, -0.2) is 0 Å². The second kappa shape index (κ2) is 7.25. The molecule has 2 unspecified atom stereocenters. The maximum atomic E-state index is 3.74. The van der Waals surface area contributed by atoms with Crippen molar-refractivity contribution >= 4 is 15.9 Å². The van der Waals surface area contributed by atoms with E-state index in [4.69, 9.17) is 0 Å². The van der Waals surface area contributed by atoms with Gasteiger partial charge < -0.3 is 9.80 Å². The molecule has 0 aromatic carbocycles. The smallest absolute Gasteiger partial charge is 0.0146 e. The Bertz CT molecular complexity index is 237. The summed E-state index contributed by atoms with van der Waals surface area (Å²) in [6.45, 7) is 7.57. The average Bonchev–Trinajstić information content (AvgIpc) is 2.38. The zero-order valence-electron chi connectivity index (χ0n) is 12.1. The number of alkyl halides is 1. The van der Waals surface area contributed by atoms with Gasteiger partial charge in [0.2, 0.25) is 0 Å². The van der Waals surface area contributed by atoms with Crippen molar-refractivity contribution in [2.75, 3.05) is 33.2 Å². The number of hydrogen-bond acceptors (Lipinski definition) is 2. The molecule has 0 aromatic rings. The fourth-order valence-corrected chi connectivity index (χ4v) is 4.00. The molecule has 0 radical (unpaired) electrons. The largest absolute Gasteiger partial charge is 0.303 e. The highest BCUT2D eigenvalue weighted by Crippen LogP contribution is 2.25. The third-order valence-corrected chi connectivity index (χ3v) is 5.73. The van der Waals surface area contributed by atoms with E-state index in [1.807, 2.05) is 0 Å². The van der Waals surface area contributed by atoms with Crippen LogP contribution in [0.4, 0.5) is 0 Å². The van der Waals surface area contributed by atoms with Crippen LogP contribution < -0.4 is 0 Å². The Morgan fingerprint density at radius 3 is 2.44 bits per heavy atom. The van der Waals surface area contributed by atoms with E-state index in [9.17, 15) is 0 Å². The Morgan fingerprint density at radius 2 is 1.83 bits per heavy atom. The topological polar surface area (TPSA) is 6.48 Å². The average molecular weight is 317 g/mol. The third-order valence-electron chi connectivity index (χ3n) is 4.98. The van der Waals surface area contributed by atoms with E-state index >= 15 is 0 Å². The summed E-state index contributed by atoms with van der Waals surface area (Å²) in [5.41, 5.74) is 0. The molecule has 0 aliphatic carbocycles. The molecule has 0 saturated carbocycles. The molecule has 0 aromatic heterocycles. The first-order valence-electron chi connectivity index (χ1n) is 7.73. The molecule has 2 saturated heterocycles. The van der Waals surface area contributed by atoms with Gasteiger partial charge in [-0.1, -0.05) is 29.3 Å². The minimum absolute atomic E-state index is 0.698. The first-order valence-corrected chi connectivity index (χ1v) is 8.65. The molecule has 2 rings (SSSR count). The lowest BCUT2D eigenvalue weighted by molar-refractivity contribution is 0.134. The van der Waals surface area contributed by atoms with Crippen LogP contribution >= 0.6 is 15.9 Å². The molecule has 2 atom stereocenters. The second-order valence-corrected chi connectivity index (χ2v) is 7.72. The van der Waals surface area contributed by atoms with Crippen LogP contribution in [-0.2, 0) is 0 Å². The summed E-state index contributed by atoms with van der Waals surface area (Å²) < 4.78 is 0. The predicted octanol–water partition coefficient (Wildman–Crippen LogP) is 3.36. The van der Waals surface area contributed by atoms with Gasteiger partial charge in [0.1, 0.15) is 0 Å². The van der Waals surface area contributed by atoms with Crippen molar-refractivity contribution in [1.29, 1.82) is 0 Å². The van der Waals surface area contributed by atoms with Crippen molar-refractivity contribution < 1.29 is 0 Å². The molecule has 2 nitrogen and oxygen atoms in total. The summed E-state index contributed by atoms with van der Waals surface area (Å²) in [7, 11) is 2.31. The summed E-state index contributed by atoms with van der Waals surface area (Å²) in [6, 6.07) is 0.853. The van der Waals surface area contributed by atoms with Crippen LogP contribution in [0.2, 0.25) is 0 Å². The van der Waals surface area contributed by atoms with Gasteiger partial charge in [0.15, 0.2) is 0 Å². The number of rotatable bonds is 4. The highest BCUT2D eigenvalue weighted by atomic mass is 79.9. The van der Waals surface area contributed by atoms with Crippen molar-refractivity contribution in [1.82, 2.24) is 9.80 Å². The highest BCUT2D eigenvalue weighted by Gasteiger charge is 2.24. The van der Waals surface area contributed by atoms with E-state index in [0.29, 0.717) is 4.83 Å². The van der Waals surface area contributed by atoms with Crippen LogP contribution in [-0.4, -0.2) is 53.9 Å². The first kappa shape index (κ1) is 14.8. The molecule has 2 aliphatic heterocycles. The standard InChI is InChI=1S/C15H29BrN2/c1-13(16)14-6-10-18(11-7-14)12-8-15-5-3-4-9-17(15)2/h13-15H,3-12H2,1-2H3. The van der Waals surface area contributed by atoms with Gasteiger partial charge in [-0.05, 0) is 71.2 Å². The number of likely N-dealkylation sites (tertiary alicyclic amines) is 2. The molecular formula is C15H29BrN2. The van der Waals surface area contributed by atoms with E-state index in [2.05, 4.69) is 39.7 Å². The lowest BCUT2D eigenvalue weighted by Gasteiger charge is -2.37. The van der Waals surface area contributed by atoms with Gasteiger partial charge in [-0.2, -0.15) is 0 Å². The molecule has 3 heteroatoms. The summed E-state index contributed by atoms with van der Waals surface area (Å²) in [5.74, 6) is 0.901. The van der Waals surface area contributed by atoms with Crippen molar-refractivity contribution in [2.45, 2.75) is 56.3 Å². The lowest BCUT2D eigenvalue weighted by Crippen LogP contribution is -2.41. The van der Waals surface area contributed by atoms with Crippen LogP contribution in [0, 0.1) is 5.92 Å². The van der Waals surface area contributed by atoms with Crippen LogP contribution in [0.1, 0.15) is 45.4 Å². The minimum atomic E-state index is 0.698. The van der Waals surface area contributed by atoms with Crippen LogP contribution in [0.3, 0.4) is 0 Å². The molecule has 0 spiro atoms. The third kappa shape index (κ3) is 4.21. The molecule has 0 N–H and O–H groups in total. The number of nitrogens with zero attached hydrogens (tertiary/aromatic N) is 2. The van der Waals surface area contributed by atoms with Crippen molar-refractivity contribution in [3.63, 3.8) is 0 Å². The fraction of sp³-hybridized carbons (Fsp3) is 1.00. The number of piperidine rings is 2. The maximum Gasteiger partial charge on any atom is 0.0146 e. The van der Waals surface area contributed by atoms with E-state index < -0.39 is 0 Å². The van der Waals surface area contributed by atoms with Gasteiger partial charge in [0.05, 0.1) is 0 Å². The SMILES string of the molecule is CC(Br)C1CCN(CCC2CCCCN2C)CC1. The number of hydrogen-bond donors (Lipinski definition) is 0. The minimum Gasteiger partial charge on any atom is -0.303 e. The van der Waals surface area contributed by atoms with E-state index in [1.54, 1.807) is 0 Å². The van der Waals surface area contributed by atoms with Crippen molar-refractivity contribution in [2.24, 2.45) is 5.92 Å². The normalized spacial score (nSPS) is 30.5. The van der Waals surface area contributed by atoms with Gasteiger partial charge >= 0.3 is 0 Å². The summed E-state index contributed by atoms with van der Waals surface area (Å²) >= 11 is 3.74. The van der Waals surface area contributed by atoms with Gasteiger partial charge in [0.25, 0.3) is 0 Å². The van der Waals surface area contributed by atoms with Gasteiger partial charge in [-0.3, -0.25) is 0 Å². The number of halogens is 1. The van der Waals surface area contributed by atoms with E-state index in [1.165, 1.54) is 64.7 Å². The highest BCUT2D eigenvalue weighted by molar-refractivity contribution is 9.09.